The maximum Gasteiger partial charge on any atom is 0.254 e. The summed E-state index contributed by atoms with van der Waals surface area (Å²) in [5.74, 6) is 0.0631. The molecule has 106 valence electrons. The van der Waals surface area contributed by atoms with Crippen LogP contribution in [0.25, 0.3) is 0 Å². The molecule has 0 saturated heterocycles. The van der Waals surface area contributed by atoms with Gasteiger partial charge in [0, 0.05) is 21.7 Å². The number of carbonyl (C=O) groups is 1. The van der Waals surface area contributed by atoms with Gasteiger partial charge in [-0.1, -0.05) is 11.6 Å². The number of hydrogen-bond donors (Lipinski definition) is 0. The average molecular weight is 395 g/mol. The van der Waals surface area contributed by atoms with E-state index in [4.69, 9.17) is 11.6 Å². The highest BCUT2D eigenvalue weighted by atomic mass is 127. The second kappa shape index (κ2) is 8.07. The molecule has 0 saturated carbocycles. The fraction of sp³-hybridized carbons (Fsp3) is 0.500. The van der Waals surface area contributed by atoms with Gasteiger partial charge in [-0.2, -0.15) is 0 Å². The first-order chi connectivity index (χ1) is 8.95. The summed E-state index contributed by atoms with van der Waals surface area (Å²) in [6, 6.07) is 5.44. The number of benzene rings is 1. The molecule has 0 aliphatic carbocycles. The summed E-state index contributed by atoms with van der Waals surface area (Å²) < 4.78 is 0.943. The lowest BCUT2D eigenvalue weighted by atomic mass is 10.2. The molecule has 0 aliphatic rings. The van der Waals surface area contributed by atoms with Crippen LogP contribution in [0.1, 0.15) is 23.7 Å². The molecule has 0 radical (unpaired) electrons. The predicted octanol–water partition coefficient (Wildman–Crippen LogP) is 3.36. The lowest BCUT2D eigenvalue weighted by Crippen LogP contribution is -2.33. The molecule has 0 spiro atoms. The van der Waals surface area contributed by atoms with Crippen molar-refractivity contribution in [2.75, 3.05) is 33.7 Å². The van der Waals surface area contributed by atoms with E-state index >= 15 is 0 Å². The number of rotatable bonds is 6. The van der Waals surface area contributed by atoms with Gasteiger partial charge in [0.05, 0.1) is 5.56 Å². The second-order valence-electron chi connectivity index (χ2n) is 4.67. The Morgan fingerprint density at radius 1 is 1.32 bits per heavy atom. The van der Waals surface area contributed by atoms with Crippen LogP contribution in [0.2, 0.25) is 5.02 Å². The van der Waals surface area contributed by atoms with Gasteiger partial charge in [-0.15, -0.1) is 0 Å². The smallest absolute Gasteiger partial charge is 0.254 e. The number of halogens is 2. The van der Waals surface area contributed by atoms with Gasteiger partial charge in [0.1, 0.15) is 0 Å². The van der Waals surface area contributed by atoms with Crippen LogP contribution < -0.4 is 0 Å². The SMILES string of the molecule is CCN(CCCN(C)C)C(=O)c1cc(Cl)ccc1I. The molecule has 0 aliphatic heterocycles. The molecule has 1 aromatic carbocycles. The number of hydrogen-bond acceptors (Lipinski definition) is 2. The fourth-order valence-corrected chi connectivity index (χ4v) is 2.55. The van der Waals surface area contributed by atoms with Gasteiger partial charge in [-0.3, -0.25) is 4.79 Å². The molecule has 1 rings (SSSR count). The highest BCUT2D eigenvalue weighted by Gasteiger charge is 2.17. The van der Waals surface area contributed by atoms with Gasteiger partial charge in [0.25, 0.3) is 5.91 Å². The van der Waals surface area contributed by atoms with E-state index < -0.39 is 0 Å². The first-order valence-corrected chi connectivity index (χ1v) is 7.80. The van der Waals surface area contributed by atoms with Crippen LogP contribution in [0, 0.1) is 3.57 Å². The highest BCUT2D eigenvalue weighted by Crippen LogP contribution is 2.19. The van der Waals surface area contributed by atoms with Crippen molar-refractivity contribution >= 4 is 40.1 Å². The minimum Gasteiger partial charge on any atom is -0.339 e. The van der Waals surface area contributed by atoms with Gasteiger partial charge in [0.15, 0.2) is 0 Å². The average Bonchev–Trinajstić information content (AvgIpc) is 2.36. The summed E-state index contributed by atoms with van der Waals surface area (Å²) >= 11 is 8.15. The first-order valence-electron chi connectivity index (χ1n) is 6.34. The van der Waals surface area contributed by atoms with Crippen LogP contribution in [0.15, 0.2) is 18.2 Å². The molecule has 3 nitrogen and oxygen atoms in total. The Balaban J connectivity index is 2.75. The lowest BCUT2D eigenvalue weighted by molar-refractivity contribution is 0.0758. The normalized spacial score (nSPS) is 10.8. The summed E-state index contributed by atoms with van der Waals surface area (Å²) in [5.41, 5.74) is 0.694. The van der Waals surface area contributed by atoms with Gasteiger partial charge >= 0.3 is 0 Å². The predicted molar refractivity (Wildman–Crippen MR) is 88.9 cm³/mol. The molecule has 0 atom stereocenters. The molecular weight excluding hydrogens is 375 g/mol. The van der Waals surface area contributed by atoms with Crippen LogP contribution in [0.3, 0.4) is 0 Å². The van der Waals surface area contributed by atoms with Gasteiger partial charge < -0.3 is 9.80 Å². The zero-order valence-corrected chi connectivity index (χ0v) is 14.5. The Kier molecular flexibility index (Phi) is 7.10. The van der Waals surface area contributed by atoms with Crippen molar-refractivity contribution in [3.63, 3.8) is 0 Å². The van der Waals surface area contributed by atoms with E-state index in [2.05, 4.69) is 27.5 Å². The molecular formula is C14H20ClIN2O. The monoisotopic (exact) mass is 394 g/mol. The Morgan fingerprint density at radius 3 is 2.58 bits per heavy atom. The van der Waals surface area contributed by atoms with Gasteiger partial charge in [-0.05, 0) is 74.8 Å². The van der Waals surface area contributed by atoms with Crippen molar-refractivity contribution in [1.82, 2.24) is 9.80 Å². The van der Waals surface area contributed by atoms with E-state index in [1.54, 1.807) is 6.07 Å². The summed E-state index contributed by atoms with van der Waals surface area (Å²) in [6.07, 6.45) is 0.976. The highest BCUT2D eigenvalue weighted by molar-refractivity contribution is 14.1. The molecule has 0 N–H and O–H groups in total. The zero-order chi connectivity index (χ0) is 14.4. The third-order valence-electron chi connectivity index (χ3n) is 2.86. The fourth-order valence-electron chi connectivity index (χ4n) is 1.81. The van der Waals surface area contributed by atoms with Crippen LogP contribution >= 0.6 is 34.2 Å². The van der Waals surface area contributed by atoms with Crippen LogP contribution in [0.5, 0.6) is 0 Å². The zero-order valence-electron chi connectivity index (χ0n) is 11.6. The maximum absolute atomic E-state index is 12.5. The topological polar surface area (TPSA) is 23.6 Å². The summed E-state index contributed by atoms with van der Waals surface area (Å²) in [4.78, 5) is 16.5. The van der Waals surface area contributed by atoms with E-state index in [-0.39, 0.29) is 5.91 Å². The molecule has 0 heterocycles. The molecule has 5 heteroatoms. The Labute approximate surface area is 134 Å². The molecule has 1 aromatic rings. The molecule has 0 fully saturated rings. The molecule has 19 heavy (non-hydrogen) atoms. The quantitative estimate of drug-likeness (QED) is 0.691. The Hall–Kier alpha value is -0.330. The van der Waals surface area contributed by atoms with Crippen LogP contribution in [-0.4, -0.2) is 49.4 Å². The summed E-state index contributed by atoms with van der Waals surface area (Å²) in [6.45, 7) is 4.48. The summed E-state index contributed by atoms with van der Waals surface area (Å²) in [5, 5.41) is 0.605. The second-order valence-corrected chi connectivity index (χ2v) is 6.26. The number of nitrogens with zero attached hydrogens (tertiary/aromatic N) is 2. The summed E-state index contributed by atoms with van der Waals surface area (Å²) in [7, 11) is 4.08. The van der Waals surface area contributed by atoms with E-state index in [0.29, 0.717) is 10.6 Å². The van der Waals surface area contributed by atoms with Crippen molar-refractivity contribution in [3.8, 4) is 0 Å². The molecule has 0 aromatic heterocycles. The van der Waals surface area contributed by atoms with E-state index in [0.717, 1.165) is 29.6 Å². The van der Waals surface area contributed by atoms with Crippen LogP contribution in [0.4, 0.5) is 0 Å². The molecule has 1 amide bonds. The first kappa shape index (κ1) is 16.7. The van der Waals surface area contributed by atoms with Crippen molar-refractivity contribution in [2.45, 2.75) is 13.3 Å². The third-order valence-corrected chi connectivity index (χ3v) is 4.04. The number of amides is 1. The Morgan fingerprint density at radius 2 is 2.00 bits per heavy atom. The molecule has 0 unspecified atom stereocenters. The standard InChI is InChI=1S/C14H20ClIN2O/c1-4-18(9-5-8-17(2)3)14(19)12-10-11(15)6-7-13(12)16/h6-7,10H,4-5,8-9H2,1-3H3. The third kappa shape index (κ3) is 5.28. The van der Waals surface area contributed by atoms with Crippen molar-refractivity contribution < 1.29 is 4.79 Å². The van der Waals surface area contributed by atoms with Crippen LogP contribution in [-0.2, 0) is 0 Å². The molecule has 0 bridgehead atoms. The Bertz CT molecular complexity index is 437. The van der Waals surface area contributed by atoms with Crippen molar-refractivity contribution in [2.24, 2.45) is 0 Å². The van der Waals surface area contributed by atoms with E-state index in [1.807, 2.05) is 38.1 Å². The minimum absolute atomic E-state index is 0.0631. The van der Waals surface area contributed by atoms with Gasteiger partial charge in [-0.25, -0.2) is 0 Å². The van der Waals surface area contributed by atoms with Crippen molar-refractivity contribution in [3.05, 3.63) is 32.4 Å². The largest absolute Gasteiger partial charge is 0.339 e. The minimum atomic E-state index is 0.0631. The van der Waals surface area contributed by atoms with Crippen molar-refractivity contribution in [1.29, 1.82) is 0 Å². The van der Waals surface area contributed by atoms with E-state index in [9.17, 15) is 4.79 Å². The van der Waals surface area contributed by atoms with E-state index in [1.165, 1.54) is 0 Å². The number of carbonyl (C=O) groups excluding carboxylic acids is 1. The van der Waals surface area contributed by atoms with Gasteiger partial charge in [0.2, 0.25) is 0 Å². The lowest BCUT2D eigenvalue weighted by Gasteiger charge is -2.22. The maximum atomic E-state index is 12.5.